The number of aromatic nitrogens is 3. The molecule has 3 aromatic heterocycles. The Morgan fingerprint density at radius 1 is 0.935 bits per heavy atom. The van der Waals surface area contributed by atoms with Gasteiger partial charge in [-0.3, -0.25) is 23.9 Å². The van der Waals surface area contributed by atoms with Crippen molar-refractivity contribution in [3.8, 4) is 21.6 Å². The van der Waals surface area contributed by atoms with Gasteiger partial charge in [-0.25, -0.2) is 23.1 Å². The van der Waals surface area contributed by atoms with Crippen LogP contribution in [0.1, 0.15) is 85.1 Å². The maximum Gasteiger partial charge on any atom is 0.301 e. The van der Waals surface area contributed by atoms with Crippen molar-refractivity contribution in [1.82, 2.24) is 39.7 Å². The number of hydrogen-bond donors (Lipinski definition) is 5. The molecule has 4 atom stereocenters. The highest BCUT2D eigenvalue weighted by molar-refractivity contribution is 7.90. The molecule has 0 saturated carbocycles. The van der Waals surface area contributed by atoms with Gasteiger partial charge in [-0.1, -0.05) is 69.3 Å². The van der Waals surface area contributed by atoms with Crippen LogP contribution in [0.2, 0.25) is 0 Å². The van der Waals surface area contributed by atoms with E-state index in [9.17, 15) is 37.1 Å². The number of ketones is 1. The first kappa shape index (κ1) is 55.2. The van der Waals surface area contributed by atoms with Crippen LogP contribution in [0, 0.1) is 24.0 Å². The van der Waals surface area contributed by atoms with Crippen LogP contribution < -0.4 is 15.4 Å². The number of anilines is 1. The number of likely N-dealkylation sites (tertiary alicyclic amines) is 2. The fourth-order valence-electron chi connectivity index (χ4n) is 10.2. The number of thiazole rings is 1. The van der Waals surface area contributed by atoms with Crippen molar-refractivity contribution in [2.24, 2.45) is 5.41 Å². The first-order chi connectivity index (χ1) is 36.7. The fraction of sp³-hybridized carbons (Fsp3) is 0.418. The van der Waals surface area contributed by atoms with Crippen LogP contribution in [0.3, 0.4) is 0 Å². The summed E-state index contributed by atoms with van der Waals surface area (Å²) in [5.41, 5.74) is 5.17. The second-order valence-electron chi connectivity index (χ2n) is 21.0. The third-order valence-electron chi connectivity index (χ3n) is 14.6. The summed E-state index contributed by atoms with van der Waals surface area (Å²) in [5, 5.41) is 16.7. The molecule has 5 N–H and O–H groups in total. The number of rotatable bonds is 18. The molecule has 3 aliphatic heterocycles. The average molecular weight is 1100 g/mol. The molecule has 0 radical (unpaired) electrons. The zero-order valence-corrected chi connectivity index (χ0v) is 44.8. The number of aryl methyl sites for hydroxylation is 1. The van der Waals surface area contributed by atoms with E-state index in [0.29, 0.717) is 29.7 Å². The van der Waals surface area contributed by atoms with Crippen LogP contribution in [0.15, 0.2) is 84.6 Å². The van der Waals surface area contributed by atoms with E-state index in [0.717, 1.165) is 75.2 Å². The molecule has 3 saturated heterocycles. The van der Waals surface area contributed by atoms with E-state index in [1.165, 1.54) is 11.1 Å². The lowest BCUT2D eigenvalue weighted by Gasteiger charge is -2.35. The van der Waals surface area contributed by atoms with E-state index < -0.39 is 87.0 Å². The summed E-state index contributed by atoms with van der Waals surface area (Å²) in [7, 11) is -4.38. The average Bonchev–Trinajstić information content (AvgIpc) is 4.27. The standard InChI is InChI=1S/C55H62F3N9O8S2/c1-32-50(76-31-62-32)37-7-5-33(6-8-37)25-61-53(71)45-24-40(68)29-67(45)54(72)51(55(2,3)4)63-46(69)30-75-22-21-65-18-15-36(16-19-65)34-9-11-35(12-10-34)38-23-41-42(27-60-52(41)59-26-38)49(70)47-43(57)13-14-44(48(47)58)64-77(73,74)66-20-17-39(56)28-66/h5-14,23,26-27,31,36,39-40,45,51,64,68H,15-22,24-25,28-30H2,1-4H3,(H,59,60)(H,61,71)(H,63,69)/t39-,40-,45+,51-/m1/s1. The first-order valence-electron chi connectivity index (χ1n) is 25.6. The number of amides is 3. The van der Waals surface area contributed by atoms with Gasteiger partial charge in [-0.15, -0.1) is 11.3 Å². The molecule has 77 heavy (non-hydrogen) atoms. The SMILES string of the molecule is Cc1ncsc1-c1ccc(CNC(=O)[C@@H]2C[C@@H](O)CN2C(=O)[C@@H](NC(=O)COCCN2CCC(c3ccc(-c4cnc5[nH]cc(C(=O)c6c(F)ccc(NS(=O)(=O)N7CC[C@@H](F)C7)c6F)c5c4)cc3)CC2)C(C)(C)C)cc1. The maximum absolute atomic E-state index is 15.8. The lowest BCUT2D eigenvalue weighted by atomic mass is 9.85. The number of benzene rings is 3. The van der Waals surface area contributed by atoms with Crippen LogP contribution in [0.25, 0.3) is 32.6 Å². The molecule has 3 aromatic carbocycles. The normalized spacial score (nSPS) is 19.2. The van der Waals surface area contributed by atoms with Crippen molar-refractivity contribution in [3.05, 3.63) is 124 Å². The molecule has 17 nitrogen and oxygen atoms in total. The highest BCUT2D eigenvalue weighted by atomic mass is 32.2. The third kappa shape index (κ3) is 12.6. The Morgan fingerprint density at radius 2 is 1.66 bits per heavy atom. The Bertz CT molecular complexity index is 3250. The van der Waals surface area contributed by atoms with Crippen LogP contribution >= 0.6 is 11.3 Å². The van der Waals surface area contributed by atoms with Gasteiger partial charge in [0.2, 0.25) is 23.5 Å². The molecule has 6 aromatic rings. The number of fused-ring (bicyclic) bond motifs is 1. The van der Waals surface area contributed by atoms with Gasteiger partial charge in [0.1, 0.15) is 36.3 Å². The number of nitrogens with one attached hydrogen (secondary N) is 4. The molecule has 0 aliphatic carbocycles. The van der Waals surface area contributed by atoms with Crippen molar-refractivity contribution >= 4 is 61.8 Å². The summed E-state index contributed by atoms with van der Waals surface area (Å²) < 4.78 is 79.1. The van der Waals surface area contributed by atoms with Gasteiger partial charge in [-0.05, 0) is 91.1 Å². The van der Waals surface area contributed by atoms with Gasteiger partial charge in [0.25, 0.3) is 0 Å². The van der Waals surface area contributed by atoms with Crippen molar-refractivity contribution in [2.45, 2.75) is 90.2 Å². The summed E-state index contributed by atoms with van der Waals surface area (Å²) in [4.78, 5) is 71.0. The zero-order chi connectivity index (χ0) is 54.8. The summed E-state index contributed by atoms with van der Waals surface area (Å²) >= 11 is 1.56. The number of H-pyrrole nitrogens is 1. The minimum absolute atomic E-state index is 0.00979. The molecule has 3 fully saturated rings. The van der Waals surface area contributed by atoms with Crippen molar-refractivity contribution in [1.29, 1.82) is 0 Å². The molecule has 0 spiro atoms. The molecule has 6 heterocycles. The quantitative estimate of drug-likeness (QED) is 0.0442. The van der Waals surface area contributed by atoms with Gasteiger partial charge in [0.15, 0.2) is 5.82 Å². The molecule has 9 rings (SSSR count). The Hall–Kier alpha value is -6.56. The summed E-state index contributed by atoms with van der Waals surface area (Å²) in [5.74, 6) is -4.63. The van der Waals surface area contributed by atoms with Crippen LogP contribution in [-0.4, -0.2) is 143 Å². The Kier molecular flexibility index (Phi) is 16.6. The number of alkyl halides is 1. The molecule has 0 bridgehead atoms. The number of hydrogen-bond acceptors (Lipinski definition) is 12. The van der Waals surface area contributed by atoms with E-state index in [1.54, 1.807) is 29.1 Å². The summed E-state index contributed by atoms with van der Waals surface area (Å²) in [6.45, 7) is 9.38. The van der Waals surface area contributed by atoms with Crippen molar-refractivity contribution < 1.29 is 50.6 Å². The smallest absolute Gasteiger partial charge is 0.301 e. The monoisotopic (exact) mass is 1100 g/mol. The first-order valence-corrected chi connectivity index (χ1v) is 27.9. The second-order valence-corrected chi connectivity index (χ2v) is 23.5. The predicted octanol–water partition coefficient (Wildman–Crippen LogP) is 6.88. The maximum atomic E-state index is 15.8. The minimum atomic E-state index is -4.38. The summed E-state index contributed by atoms with van der Waals surface area (Å²) in [6.07, 6.45) is 2.50. The number of carbonyl (C=O) groups is 4. The van der Waals surface area contributed by atoms with Gasteiger partial charge in [0, 0.05) is 68.1 Å². The van der Waals surface area contributed by atoms with E-state index in [1.807, 2.05) is 80.9 Å². The van der Waals surface area contributed by atoms with E-state index in [4.69, 9.17) is 4.74 Å². The molecular formula is C55H62F3N9O8S2. The Balaban J connectivity index is 0.735. The van der Waals surface area contributed by atoms with Crippen LogP contribution in [-0.2, 0) is 35.9 Å². The number of aliphatic hydroxyl groups excluding tert-OH is 1. The minimum Gasteiger partial charge on any atom is -0.391 e. The number of halogens is 3. The number of aromatic amines is 1. The molecular weight excluding hydrogens is 1040 g/mol. The Morgan fingerprint density at radius 3 is 2.34 bits per heavy atom. The highest BCUT2D eigenvalue weighted by Gasteiger charge is 2.44. The lowest BCUT2D eigenvalue weighted by Crippen LogP contribution is -2.58. The number of ether oxygens (including phenoxy) is 1. The van der Waals surface area contributed by atoms with Crippen LogP contribution in [0.4, 0.5) is 18.9 Å². The van der Waals surface area contributed by atoms with Crippen molar-refractivity contribution in [3.63, 3.8) is 0 Å². The lowest BCUT2D eigenvalue weighted by molar-refractivity contribution is -0.144. The van der Waals surface area contributed by atoms with Gasteiger partial charge in [-0.2, -0.15) is 12.7 Å². The van der Waals surface area contributed by atoms with Gasteiger partial charge < -0.3 is 35.3 Å². The number of pyridine rings is 1. The number of piperidine rings is 1. The van der Waals surface area contributed by atoms with Crippen LogP contribution in [0.5, 0.6) is 0 Å². The third-order valence-corrected chi connectivity index (χ3v) is 17.0. The number of carbonyl (C=O) groups excluding carboxylic acids is 4. The topological polar surface area (TPSA) is 219 Å². The second kappa shape index (κ2) is 23.2. The zero-order valence-electron chi connectivity index (χ0n) is 43.2. The molecule has 3 aliphatic rings. The van der Waals surface area contributed by atoms with E-state index >= 15 is 8.78 Å². The molecule has 22 heteroatoms. The fourth-order valence-corrected chi connectivity index (χ4v) is 12.3. The predicted molar refractivity (Wildman–Crippen MR) is 286 cm³/mol. The number of nitrogens with zero attached hydrogens (tertiary/aromatic N) is 5. The van der Waals surface area contributed by atoms with E-state index in [-0.39, 0.29) is 56.5 Å². The number of β-amino-alcohol motifs (C(OH)–C–C–N with tert-alkyl or cyclic N) is 1. The largest absolute Gasteiger partial charge is 0.391 e. The molecule has 3 amide bonds. The molecule has 0 unspecified atom stereocenters. The van der Waals surface area contributed by atoms with Crippen molar-refractivity contribution in [2.75, 3.05) is 57.2 Å². The Labute approximate surface area is 448 Å². The van der Waals surface area contributed by atoms with E-state index in [2.05, 4.69) is 30.5 Å². The number of aliphatic hydroxyl groups is 1. The van der Waals surface area contributed by atoms with Gasteiger partial charge in [0.05, 0.1) is 40.0 Å². The van der Waals surface area contributed by atoms with Gasteiger partial charge >= 0.3 is 10.2 Å². The molecule has 408 valence electrons. The summed E-state index contributed by atoms with van der Waals surface area (Å²) in [6, 6.07) is 17.3. The highest BCUT2D eigenvalue weighted by Crippen LogP contribution is 2.34.